The minimum absolute atomic E-state index is 0.0694. The fourth-order valence-electron chi connectivity index (χ4n) is 3.25. The van der Waals surface area contributed by atoms with Gasteiger partial charge in [0.15, 0.2) is 0 Å². The largest absolute Gasteiger partial charge is 0.362 e. The lowest BCUT2D eigenvalue weighted by molar-refractivity contribution is -0.116. The van der Waals surface area contributed by atoms with E-state index in [9.17, 15) is 21.6 Å². The number of nitrogens with one attached hydrogen (secondary N) is 2. The molecule has 1 fully saturated rings. The number of benzene rings is 2. The smallest absolute Gasteiger partial charge is 0.283 e. The number of rotatable bonds is 8. The molecule has 0 aliphatic carbocycles. The summed E-state index contributed by atoms with van der Waals surface area (Å²) in [4.78, 5) is 14.3. The van der Waals surface area contributed by atoms with Gasteiger partial charge < -0.3 is 10.2 Å². The van der Waals surface area contributed by atoms with E-state index in [1.54, 1.807) is 12.1 Å². The summed E-state index contributed by atoms with van der Waals surface area (Å²) in [7, 11) is -4.13. The maximum Gasteiger partial charge on any atom is 0.283 e. The summed E-state index contributed by atoms with van der Waals surface area (Å²) in [6.45, 7) is 0.790. The summed E-state index contributed by atoms with van der Waals surface area (Å²) in [6.07, 6.45) is 2.15. The Morgan fingerprint density at radius 3 is 2.19 bits per heavy atom. The third-order valence-corrected chi connectivity index (χ3v) is 7.89. The molecule has 0 atom stereocenters. The number of nitrogens with zero attached hydrogens (tertiary/aromatic N) is 2. The molecule has 0 spiro atoms. The van der Waals surface area contributed by atoms with Crippen LogP contribution in [0.25, 0.3) is 0 Å². The van der Waals surface area contributed by atoms with E-state index in [0.29, 0.717) is 24.4 Å². The minimum Gasteiger partial charge on any atom is -0.362 e. The predicted octanol–water partition coefficient (Wildman–Crippen LogP) is 1.98. The molecule has 1 amide bonds. The molecule has 1 aliphatic heterocycles. The number of likely N-dealkylation sites (tertiary alicyclic amines) is 1. The third kappa shape index (κ3) is 5.93. The highest BCUT2D eigenvalue weighted by atomic mass is 32.2. The summed E-state index contributed by atoms with van der Waals surface area (Å²) in [5.74, 6) is 0.319. The highest BCUT2D eigenvalue weighted by Gasteiger charge is 2.20. The van der Waals surface area contributed by atoms with Crippen molar-refractivity contribution < 1.29 is 21.6 Å². The van der Waals surface area contributed by atoms with Gasteiger partial charge in [-0.3, -0.25) is 4.79 Å². The number of anilines is 1. The van der Waals surface area contributed by atoms with Gasteiger partial charge in [0.05, 0.1) is 9.79 Å². The molecule has 2 aromatic carbocycles. The first-order valence-corrected chi connectivity index (χ1v) is 13.0. The number of amides is 1. The van der Waals surface area contributed by atoms with Crippen molar-refractivity contribution in [3.05, 3.63) is 54.1 Å². The Morgan fingerprint density at radius 1 is 1.00 bits per heavy atom. The van der Waals surface area contributed by atoms with Gasteiger partial charge in [-0.2, -0.15) is 8.42 Å². The average molecular weight is 479 g/mol. The first-order chi connectivity index (χ1) is 15.1. The molecular formula is C21H26N4O5S2. The second-order valence-corrected chi connectivity index (χ2v) is 10.9. The Bertz CT molecular complexity index is 1210. The average Bonchev–Trinajstić information content (AvgIpc) is 3.16. The maximum atomic E-state index is 12.5. The number of hydrogen-bond acceptors (Lipinski definition) is 5. The van der Waals surface area contributed by atoms with Crippen LogP contribution in [-0.2, 0) is 31.3 Å². The van der Waals surface area contributed by atoms with Crippen LogP contribution < -0.4 is 10.0 Å². The van der Waals surface area contributed by atoms with E-state index in [-0.39, 0.29) is 22.1 Å². The van der Waals surface area contributed by atoms with Gasteiger partial charge in [0.1, 0.15) is 5.84 Å². The normalized spacial score (nSPS) is 15.8. The van der Waals surface area contributed by atoms with E-state index >= 15 is 0 Å². The molecule has 0 aromatic heterocycles. The molecule has 172 valence electrons. The maximum absolute atomic E-state index is 12.5. The molecule has 11 heteroatoms. The molecule has 0 bridgehead atoms. The molecule has 1 saturated heterocycles. The van der Waals surface area contributed by atoms with E-state index in [1.165, 1.54) is 43.4 Å². The zero-order valence-electron chi connectivity index (χ0n) is 17.9. The van der Waals surface area contributed by atoms with Crippen molar-refractivity contribution >= 4 is 37.5 Å². The number of aryl methyl sites for hydroxylation is 1. The Hall–Kier alpha value is -2.76. The van der Waals surface area contributed by atoms with Crippen molar-refractivity contribution in [2.45, 2.75) is 35.5 Å². The van der Waals surface area contributed by atoms with Gasteiger partial charge in [0.25, 0.3) is 10.0 Å². The Morgan fingerprint density at radius 2 is 1.62 bits per heavy atom. The molecule has 0 saturated carbocycles. The van der Waals surface area contributed by atoms with Gasteiger partial charge in [-0.05, 0) is 61.9 Å². The Kier molecular flexibility index (Phi) is 7.32. The molecule has 2 aromatic rings. The van der Waals surface area contributed by atoms with Crippen molar-refractivity contribution in [3.63, 3.8) is 0 Å². The van der Waals surface area contributed by atoms with E-state index in [0.717, 1.165) is 18.5 Å². The fourth-order valence-corrected chi connectivity index (χ4v) is 5.07. The van der Waals surface area contributed by atoms with Gasteiger partial charge in [0.2, 0.25) is 15.9 Å². The third-order valence-electron chi connectivity index (χ3n) is 5.14. The monoisotopic (exact) mass is 478 g/mol. The van der Waals surface area contributed by atoms with Crippen LogP contribution in [0.4, 0.5) is 5.69 Å². The van der Waals surface area contributed by atoms with Crippen LogP contribution in [0.5, 0.6) is 0 Å². The van der Waals surface area contributed by atoms with Crippen molar-refractivity contribution in [3.8, 4) is 0 Å². The van der Waals surface area contributed by atoms with Gasteiger partial charge in [-0.1, -0.05) is 12.1 Å². The van der Waals surface area contributed by atoms with Crippen LogP contribution in [0.2, 0.25) is 0 Å². The second kappa shape index (κ2) is 9.80. The lowest BCUT2D eigenvalue weighted by Gasteiger charge is -2.11. The van der Waals surface area contributed by atoms with Crippen LogP contribution in [0.3, 0.4) is 0 Å². The molecule has 1 heterocycles. The number of carbonyl (C=O) groups excluding carboxylic acids is 1. The molecule has 3 rings (SSSR count). The van der Waals surface area contributed by atoms with Gasteiger partial charge in [-0.25, -0.2) is 13.1 Å². The van der Waals surface area contributed by atoms with E-state index in [2.05, 4.69) is 14.4 Å². The molecule has 0 unspecified atom stereocenters. The van der Waals surface area contributed by atoms with Crippen molar-refractivity contribution in [1.82, 2.24) is 9.62 Å². The molecule has 1 aliphatic rings. The van der Waals surface area contributed by atoms with Gasteiger partial charge in [-0.15, -0.1) is 4.40 Å². The molecule has 0 radical (unpaired) electrons. The number of carbonyl (C=O) groups is 1. The topological polar surface area (TPSA) is 125 Å². The van der Waals surface area contributed by atoms with Crippen molar-refractivity contribution in [2.24, 2.45) is 4.40 Å². The van der Waals surface area contributed by atoms with Crippen molar-refractivity contribution in [2.75, 3.05) is 26.0 Å². The molecule has 32 heavy (non-hydrogen) atoms. The number of sulfonamides is 2. The van der Waals surface area contributed by atoms with Crippen molar-refractivity contribution in [1.29, 1.82) is 0 Å². The molecular weight excluding hydrogens is 452 g/mol. The van der Waals surface area contributed by atoms with E-state index < -0.39 is 20.0 Å². The van der Waals surface area contributed by atoms with Crippen LogP contribution in [0.1, 0.15) is 24.8 Å². The van der Waals surface area contributed by atoms with Gasteiger partial charge >= 0.3 is 0 Å². The lowest BCUT2D eigenvalue weighted by atomic mass is 10.1. The first kappa shape index (κ1) is 23.9. The van der Waals surface area contributed by atoms with Crippen LogP contribution in [0, 0.1) is 0 Å². The number of hydrogen-bond donors (Lipinski definition) is 2. The van der Waals surface area contributed by atoms with E-state index in [1.807, 2.05) is 11.9 Å². The van der Waals surface area contributed by atoms with Gasteiger partial charge in [0, 0.05) is 32.1 Å². The second-order valence-electron chi connectivity index (χ2n) is 7.43. The summed E-state index contributed by atoms with van der Waals surface area (Å²) in [5, 5.41) is 2.73. The highest BCUT2D eigenvalue weighted by Crippen LogP contribution is 2.19. The zero-order chi connectivity index (χ0) is 23.4. The summed E-state index contributed by atoms with van der Waals surface area (Å²) < 4.78 is 54.6. The molecule has 2 N–H and O–H groups in total. The fraction of sp³-hybridized carbons (Fsp3) is 0.333. The lowest BCUT2D eigenvalue weighted by Crippen LogP contribution is -2.20. The standard InChI is InChI=1S/C21H26N4O5S2/c1-22-31(27,28)18-10-5-16(6-11-18)7-14-21(26)23-17-8-12-19(13-9-17)32(29,30)24-20-4-3-15-25(20)2/h5-6,8-13,22H,3-4,7,14-15H2,1-2H3,(H,23,26)/b24-20-. The first-order valence-electron chi connectivity index (χ1n) is 10.1. The number of amidine groups is 1. The Balaban J connectivity index is 1.57. The summed E-state index contributed by atoms with van der Waals surface area (Å²) in [5.41, 5.74) is 1.31. The van der Waals surface area contributed by atoms with E-state index in [4.69, 9.17) is 0 Å². The summed E-state index contributed by atoms with van der Waals surface area (Å²) in [6, 6.07) is 12.2. The Labute approximate surface area is 188 Å². The zero-order valence-corrected chi connectivity index (χ0v) is 19.5. The summed E-state index contributed by atoms with van der Waals surface area (Å²) >= 11 is 0. The predicted molar refractivity (Wildman–Crippen MR) is 123 cm³/mol. The van der Waals surface area contributed by atoms with Crippen LogP contribution >= 0.6 is 0 Å². The quantitative estimate of drug-likeness (QED) is 0.598. The highest BCUT2D eigenvalue weighted by molar-refractivity contribution is 7.90. The SMILES string of the molecule is CNS(=O)(=O)c1ccc(CCC(=O)Nc2ccc(S(=O)(=O)/N=C3/CCCN3C)cc2)cc1. The minimum atomic E-state index is -3.80. The molecule has 9 nitrogen and oxygen atoms in total. The van der Waals surface area contributed by atoms with Crippen LogP contribution in [0.15, 0.2) is 62.7 Å². The van der Waals surface area contributed by atoms with Crippen LogP contribution in [-0.4, -0.2) is 54.1 Å².